The summed E-state index contributed by atoms with van der Waals surface area (Å²) < 4.78 is 0. The summed E-state index contributed by atoms with van der Waals surface area (Å²) in [5.41, 5.74) is 3.96. The number of hydrogen-bond acceptors (Lipinski definition) is 1. The van der Waals surface area contributed by atoms with Crippen LogP contribution >= 0.6 is 0 Å². The van der Waals surface area contributed by atoms with Crippen molar-refractivity contribution < 1.29 is 4.79 Å². The molecule has 3 saturated carbocycles. The molecule has 4 aliphatic rings. The first-order chi connectivity index (χ1) is 9.83. The Bertz CT molecular complexity index is 571. The van der Waals surface area contributed by atoms with Crippen molar-refractivity contribution in [3.63, 3.8) is 0 Å². The maximum absolute atomic E-state index is 12.8. The Labute approximate surface area is 120 Å². The standard InChI is InChI=1S/C19H22O/c20-19(18-16-13-6-7-14(10-13)17(16)18)15-8-5-11-3-1-2-4-12(11)9-15/h5,8-9,13-14,16-18H,1-4,6-7,10H2. The Morgan fingerprint density at radius 1 is 0.950 bits per heavy atom. The highest BCUT2D eigenvalue weighted by molar-refractivity contribution is 6.00. The SMILES string of the molecule is O=C(c1ccc2c(c1)CCCC2)C1C2C3CCC(C3)C12. The zero-order chi connectivity index (χ0) is 13.3. The fraction of sp³-hybridized carbons (Fsp3) is 0.632. The Kier molecular flexibility index (Phi) is 2.29. The molecule has 0 spiro atoms. The molecule has 4 aliphatic carbocycles. The highest BCUT2D eigenvalue weighted by Gasteiger charge is 2.67. The van der Waals surface area contributed by atoms with E-state index in [1.807, 2.05) is 0 Å². The number of fused-ring (bicyclic) bond motifs is 6. The lowest BCUT2D eigenvalue weighted by Gasteiger charge is -2.16. The maximum Gasteiger partial charge on any atom is 0.166 e. The average molecular weight is 266 g/mol. The van der Waals surface area contributed by atoms with E-state index >= 15 is 0 Å². The third-order valence-electron chi connectivity index (χ3n) is 6.67. The van der Waals surface area contributed by atoms with Crippen LogP contribution in [0.15, 0.2) is 18.2 Å². The summed E-state index contributed by atoms with van der Waals surface area (Å²) in [6.07, 6.45) is 9.24. The third kappa shape index (κ3) is 1.47. The van der Waals surface area contributed by atoms with Gasteiger partial charge < -0.3 is 0 Å². The number of rotatable bonds is 2. The molecule has 1 aromatic carbocycles. The normalized spacial score (nSPS) is 40.3. The number of benzene rings is 1. The minimum atomic E-state index is 0.405. The first kappa shape index (κ1) is 11.5. The van der Waals surface area contributed by atoms with Gasteiger partial charge in [-0.25, -0.2) is 0 Å². The van der Waals surface area contributed by atoms with Gasteiger partial charge in [0, 0.05) is 11.5 Å². The van der Waals surface area contributed by atoms with E-state index in [2.05, 4.69) is 18.2 Å². The van der Waals surface area contributed by atoms with Crippen LogP contribution in [0.2, 0.25) is 0 Å². The van der Waals surface area contributed by atoms with E-state index in [9.17, 15) is 4.79 Å². The monoisotopic (exact) mass is 266 g/mol. The summed E-state index contributed by atoms with van der Waals surface area (Å²) in [5, 5.41) is 0. The van der Waals surface area contributed by atoms with Crippen LogP contribution in [0.25, 0.3) is 0 Å². The number of carbonyl (C=O) groups excluding carboxylic acids is 1. The topological polar surface area (TPSA) is 17.1 Å². The maximum atomic E-state index is 12.8. The van der Waals surface area contributed by atoms with Crippen molar-refractivity contribution in [2.45, 2.75) is 44.9 Å². The summed E-state index contributed by atoms with van der Waals surface area (Å²) in [6.45, 7) is 0. The van der Waals surface area contributed by atoms with Gasteiger partial charge in [-0.3, -0.25) is 4.79 Å². The second kappa shape index (κ2) is 3.96. The second-order valence-electron chi connectivity index (χ2n) is 7.57. The van der Waals surface area contributed by atoms with Gasteiger partial charge >= 0.3 is 0 Å². The Morgan fingerprint density at radius 3 is 2.40 bits per heavy atom. The van der Waals surface area contributed by atoms with Crippen molar-refractivity contribution >= 4 is 5.78 Å². The predicted octanol–water partition coefficient (Wildman–Crippen LogP) is 4.04. The van der Waals surface area contributed by atoms with Gasteiger partial charge in [-0.15, -0.1) is 0 Å². The molecule has 2 bridgehead atoms. The van der Waals surface area contributed by atoms with Crippen LogP contribution in [0.4, 0.5) is 0 Å². The largest absolute Gasteiger partial charge is 0.294 e. The minimum absolute atomic E-state index is 0.405. The highest BCUT2D eigenvalue weighted by atomic mass is 16.1. The van der Waals surface area contributed by atoms with Gasteiger partial charge in [0.05, 0.1) is 0 Å². The molecule has 0 saturated heterocycles. The number of carbonyl (C=O) groups is 1. The molecule has 104 valence electrons. The molecule has 1 heteroatoms. The lowest BCUT2D eigenvalue weighted by atomic mass is 9.88. The highest BCUT2D eigenvalue weighted by Crippen LogP contribution is 2.69. The van der Waals surface area contributed by atoms with Crippen molar-refractivity contribution in [1.82, 2.24) is 0 Å². The van der Waals surface area contributed by atoms with Crippen molar-refractivity contribution in [1.29, 1.82) is 0 Å². The molecule has 3 fully saturated rings. The van der Waals surface area contributed by atoms with E-state index in [1.165, 1.54) is 56.1 Å². The molecule has 1 aromatic rings. The first-order valence-corrected chi connectivity index (χ1v) is 8.49. The lowest BCUT2D eigenvalue weighted by Crippen LogP contribution is -2.12. The number of ketones is 1. The van der Waals surface area contributed by atoms with Crippen LogP contribution < -0.4 is 0 Å². The van der Waals surface area contributed by atoms with E-state index < -0.39 is 0 Å². The quantitative estimate of drug-likeness (QED) is 0.738. The second-order valence-corrected chi connectivity index (χ2v) is 7.57. The fourth-order valence-electron chi connectivity index (χ4n) is 5.75. The number of Topliss-reactive ketones (excluding diaryl/α,β-unsaturated/α-hetero) is 1. The Balaban J connectivity index is 1.42. The molecular weight excluding hydrogens is 244 g/mol. The van der Waals surface area contributed by atoms with E-state index in [-0.39, 0.29) is 0 Å². The molecule has 5 rings (SSSR count). The van der Waals surface area contributed by atoms with E-state index in [1.54, 1.807) is 0 Å². The van der Waals surface area contributed by atoms with Crippen LogP contribution in [0.5, 0.6) is 0 Å². The number of hydrogen-bond donors (Lipinski definition) is 0. The number of aryl methyl sites for hydroxylation is 2. The van der Waals surface area contributed by atoms with Crippen molar-refractivity contribution in [3.05, 3.63) is 34.9 Å². The van der Waals surface area contributed by atoms with Crippen LogP contribution in [0.3, 0.4) is 0 Å². The van der Waals surface area contributed by atoms with Gasteiger partial charge in [0.2, 0.25) is 0 Å². The molecule has 0 aromatic heterocycles. The summed E-state index contributed by atoms with van der Waals surface area (Å²) in [5.74, 6) is 4.23. The lowest BCUT2D eigenvalue weighted by molar-refractivity contribution is 0.0944. The summed E-state index contributed by atoms with van der Waals surface area (Å²) in [6, 6.07) is 6.57. The first-order valence-electron chi connectivity index (χ1n) is 8.49. The van der Waals surface area contributed by atoms with Crippen LogP contribution in [-0.2, 0) is 12.8 Å². The minimum Gasteiger partial charge on any atom is -0.294 e. The zero-order valence-electron chi connectivity index (χ0n) is 12.0. The van der Waals surface area contributed by atoms with E-state index in [0.717, 1.165) is 29.2 Å². The molecular formula is C19H22O. The fourth-order valence-corrected chi connectivity index (χ4v) is 5.75. The summed E-state index contributed by atoms with van der Waals surface area (Å²) in [7, 11) is 0. The molecule has 20 heavy (non-hydrogen) atoms. The van der Waals surface area contributed by atoms with Crippen LogP contribution in [0.1, 0.15) is 53.6 Å². The molecule has 0 radical (unpaired) electrons. The molecule has 0 N–H and O–H groups in total. The zero-order valence-corrected chi connectivity index (χ0v) is 12.0. The van der Waals surface area contributed by atoms with Crippen molar-refractivity contribution in [2.24, 2.45) is 29.6 Å². The van der Waals surface area contributed by atoms with Gasteiger partial charge in [0.15, 0.2) is 5.78 Å². The van der Waals surface area contributed by atoms with Gasteiger partial charge in [-0.2, -0.15) is 0 Å². The molecule has 4 atom stereocenters. The molecule has 0 amide bonds. The van der Waals surface area contributed by atoms with Crippen LogP contribution in [0, 0.1) is 29.6 Å². The van der Waals surface area contributed by atoms with Crippen molar-refractivity contribution in [2.75, 3.05) is 0 Å². The molecule has 4 unspecified atom stereocenters. The predicted molar refractivity (Wildman–Crippen MR) is 78.7 cm³/mol. The molecule has 1 nitrogen and oxygen atoms in total. The van der Waals surface area contributed by atoms with Crippen molar-refractivity contribution in [3.8, 4) is 0 Å². The molecule has 0 heterocycles. The summed E-state index contributed by atoms with van der Waals surface area (Å²) in [4.78, 5) is 12.8. The Morgan fingerprint density at radius 2 is 1.65 bits per heavy atom. The van der Waals surface area contributed by atoms with Gasteiger partial charge in [-0.05, 0) is 85.8 Å². The van der Waals surface area contributed by atoms with E-state index in [4.69, 9.17) is 0 Å². The van der Waals surface area contributed by atoms with Crippen LogP contribution in [-0.4, -0.2) is 5.78 Å². The van der Waals surface area contributed by atoms with Gasteiger partial charge in [0.25, 0.3) is 0 Å². The van der Waals surface area contributed by atoms with E-state index in [0.29, 0.717) is 11.7 Å². The van der Waals surface area contributed by atoms with Gasteiger partial charge in [-0.1, -0.05) is 12.1 Å². The third-order valence-corrected chi connectivity index (χ3v) is 6.67. The molecule has 0 aliphatic heterocycles. The Hall–Kier alpha value is -1.11. The smallest absolute Gasteiger partial charge is 0.166 e. The summed E-state index contributed by atoms with van der Waals surface area (Å²) >= 11 is 0. The van der Waals surface area contributed by atoms with Gasteiger partial charge in [0.1, 0.15) is 0 Å². The average Bonchev–Trinajstić information content (AvgIpc) is 2.93.